The van der Waals surface area contributed by atoms with Crippen molar-refractivity contribution in [2.45, 2.75) is 4.90 Å². The number of hydrogen-bond donors (Lipinski definition) is 1. The van der Waals surface area contributed by atoms with Crippen molar-refractivity contribution in [1.82, 2.24) is 19.4 Å². The number of thioether (sulfide) groups is 1. The number of rotatable bonds is 5. The van der Waals surface area contributed by atoms with E-state index in [9.17, 15) is 5.11 Å². The maximum absolute atomic E-state index is 10.7. The molecule has 0 unspecified atom stereocenters. The van der Waals surface area contributed by atoms with Gasteiger partial charge in [0.1, 0.15) is 19.7 Å². The van der Waals surface area contributed by atoms with Crippen LogP contribution >= 0.6 is 11.8 Å². The lowest BCUT2D eigenvalue weighted by molar-refractivity contribution is 0.0610. The Bertz CT molecular complexity index is 853. The lowest BCUT2D eigenvalue weighted by Crippen LogP contribution is -2.53. The molecule has 0 atom stereocenters. The third-order valence-electron chi connectivity index (χ3n) is 5.13. The minimum absolute atomic E-state index is 0.284. The summed E-state index contributed by atoms with van der Waals surface area (Å²) in [6, 6.07) is 5.73. The molecular weight excluding hydrogens is 364 g/mol. The molecule has 0 amide bonds. The van der Waals surface area contributed by atoms with Crippen LogP contribution in [-0.2, 0) is 4.74 Å². The van der Waals surface area contributed by atoms with Crippen molar-refractivity contribution in [1.29, 1.82) is 0 Å². The van der Waals surface area contributed by atoms with Crippen molar-refractivity contribution in [2.75, 3.05) is 59.8 Å². The highest BCUT2D eigenvalue weighted by molar-refractivity contribution is 7.98. The number of benzene rings is 1. The molecule has 1 spiro atoms. The van der Waals surface area contributed by atoms with E-state index in [0.29, 0.717) is 49.1 Å². The van der Waals surface area contributed by atoms with E-state index in [1.165, 1.54) is 0 Å². The first-order valence-corrected chi connectivity index (χ1v) is 10.3. The average Bonchev–Trinajstić information content (AvgIpc) is 2.67. The zero-order valence-corrected chi connectivity index (χ0v) is 16.8. The van der Waals surface area contributed by atoms with E-state index in [0.717, 1.165) is 28.5 Å². The van der Waals surface area contributed by atoms with Crippen LogP contribution in [-0.4, -0.2) is 79.8 Å². The van der Waals surface area contributed by atoms with Gasteiger partial charge in [0, 0.05) is 18.2 Å². The van der Waals surface area contributed by atoms with Gasteiger partial charge in [0.25, 0.3) is 5.82 Å². The van der Waals surface area contributed by atoms with Crippen LogP contribution in [0.4, 0.5) is 11.5 Å². The van der Waals surface area contributed by atoms with Gasteiger partial charge in [0.2, 0.25) is 5.88 Å². The van der Waals surface area contributed by atoms with Crippen LogP contribution in [0.1, 0.15) is 0 Å². The summed E-state index contributed by atoms with van der Waals surface area (Å²) >= 11 is 1.59. The largest absolute Gasteiger partial charge is 0.503 e. The standard InChI is InChI=1S/C19H24N4O3S/c1-22(2)6-9-26-19-16(27-3)18-20-17(21-19)13-4-5-14(15(24)12-13)23(18)7-10-25-11-8-23/h4-5,12H,6-11H2,1-3H3/p+1. The van der Waals surface area contributed by atoms with Gasteiger partial charge in [-0.15, -0.1) is 11.8 Å². The molecule has 1 aromatic carbocycles. The number of phenols is 1. The molecule has 4 heterocycles. The lowest BCUT2D eigenvalue weighted by Gasteiger charge is -2.41. The first-order valence-electron chi connectivity index (χ1n) is 9.08. The van der Waals surface area contributed by atoms with Crippen LogP contribution in [0.25, 0.3) is 11.4 Å². The Kier molecular flexibility index (Phi) is 4.98. The first-order chi connectivity index (χ1) is 13.0. The molecule has 1 N–H and O–H groups in total. The quantitative estimate of drug-likeness (QED) is 0.622. The van der Waals surface area contributed by atoms with Crippen LogP contribution in [0.5, 0.6) is 11.6 Å². The number of aromatic nitrogens is 2. The molecule has 0 radical (unpaired) electrons. The second-order valence-corrected chi connectivity index (χ2v) is 7.91. The number of phenolic OH excluding ortho intramolecular Hbond substituents is 1. The van der Waals surface area contributed by atoms with E-state index in [1.807, 2.05) is 32.5 Å². The van der Waals surface area contributed by atoms with Crippen molar-refractivity contribution >= 4 is 23.3 Å². The molecule has 3 aliphatic heterocycles. The second-order valence-electron chi connectivity index (χ2n) is 7.09. The molecule has 1 fully saturated rings. The molecule has 1 aromatic heterocycles. The third kappa shape index (κ3) is 3.16. The van der Waals surface area contributed by atoms with Gasteiger partial charge in [-0.2, -0.15) is 9.97 Å². The number of ether oxygens (including phenoxy) is 2. The van der Waals surface area contributed by atoms with Gasteiger partial charge >= 0.3 is 0 Å². The Morgan fingerprint density at radius 3 is 2.70 bits per heavy atom. The van der Waals surface area contributed by atoms with Crippen LogP contribution in [0.3, 0.4) is 0 Å². The number of fused-ring (bicyclic) bond motifs is 2. The summed E-state index contributed by atoms with van der Waals surface area (Å²) in [4.78, 5) is 12.6. The highest BCUT2D eigenvalue weighted by Crippen LogP contribution is 2.49. The Morgan fingerprint density at radius 2 is 2.04 bits per heavy atom. The third-order valence-corrected chi connectivity index (χ3v) is 5.90. The fourth-order valence-electron chi connectivity index (χ4n) is 3.69. The SMILES string of the molecule is CSc1c(OCCN(C)C)nc2nc1[N+]1(CCOCC1)c1ccc-2cc1O. The zero-order valence-electron chi connectivity index (χ0n) is 15.9. The van der Waals surface area contributed by atoms with Crippen molar-refractivity contribution < 1.29 is 14.6 Å². The highest BCUT2D eigenvalue weighted by Gasteiger charge is 2.44. The first kappa shape index (κ1) is 18.5. The summed E-state index contributed by atoms with van der Waals surface area (Å²) in [5.41, 5.74) is 1.66. The van der Waals surface area contributed by atoms with E-state index in [4.69, 9.17) is 19.4 Å². The Hall–Kier alpha value is -1.87. The normalized spacial score (nSPS) is 17.2. The maximum atomic E-state index is 10.7. The summed E-state index contributed by atoms with van der Waals surface area (Å²) in [7, 11) is 4.04. The number of nitrogens with zero attached hydrogens (tertiary/aromatic N) is 4. The summed E-state index contributed by atoms with van der Waals surface area (Å²) < 4.78 is 12.2. The predicted octanol–water partition coefficient (Wildman–Crippen LogP) is 2.49. The fourth-order valence-corrected chi connectivity index (χ4v) is 4.37. The monoisotopic (exact) mass is 389 g/mol. The molecule has 27 heavy (non-hydrogen) atoms. The van der Waals surface area contributed by atoms with Gasteiger partial charge in [-0.25, -0.2) is 4.48 Å². The number of likely N-dealkylation sites (N-methyl/N-ethyl adjacent to an activating group) is 1. The molecule has 2 aromatic rings. The highest BCUT2D eigenvalue weighted by atomic mass is 32.2. The minimum Gasteiger partial charge on any atom is -0.503 e. The Balaban J connectivity index is 1.89. The molecule has 144 valence electrons. The molecule has 5 rings (SSSR count). The summed E-state index contributed by atoms with van der Waals surface area (Å²) in [5.74, 6) is 2.39. The molecule has 0 aliphatic carbocycles. The second kappa shape index (κ2) is 7.27. The summed E-state index contributed by atoms with van der Waals surface area (Å²) in [6.07, 6.45) is 2.02. The molecule has 1 saturated heterocycles. The van der Waals surface area contributed by atoms with Gasteiger partial charge in [0.15, 0.2) is 22.2 Å². The molecule has 7 nitrogen and oxygen atoms in total. The van der Waals surface area contributed by atoms with Gasteiger partial charge in [0.05, 0.1) is 13.2 Å². The van der Waals surface area contributed by atoms with Crippen LogP contribution in [0.15, 0.2) is 23.1 Å². The number of morpholine rings is 1. The molecule has 4 bridgehead atoms. The Morgan fingerprint density at radius 1 is 1.26 bits per heavy atom. The maximum Gasteiger partial charge on any atom is 0.254 e. The van der Waals surface area contributed by atoms with E-state index in [-0.39, 0.29) is 5.75 Å². The van der Waals surface area contributed by atoms with Crippen molar-refractivity contribution in [3.8, 4) is 23.0 Å². The van der Waals surface area contributed by atoms with E-state index < -0.39 is 0 Å². The van der Waals surface area contributed by atoms with Crippen LogP contribution in [0, 0.1) is 0 Å². The van der Waals surface area contributed by atoms with Crippen LogP contribution in [0.2, 0.25) is 0 Å². The van der Waals surface area contributed by atoms with Crippen molar-refractivity contribution in [3.63, 3.8) is 0 Å². The molecule has 0 saturated carbocycles. The summed E-state index contributed by atoms with van der Waals surface area (Å²) in [5, 5.41) is 10.7. The topological polar surface area (TPSA) is 67.7 Å². The molecule has 3 aliphatic rings. The predicted molar refractivity (Wildman–Crippen MR) is 107 cm³/mol. The number of hydrogen-bond acceptors (Lipinski definition) is 7. The van der Waals surface area contributed by atoms with Gasteiger partial charge < -0.3 is 19.5 Å². The zero-order chi connectivity index (χ0) is 19.0. The van der Waals surface area contributed by atoms with Gasteiger partial charge in [-0.05, 0) is 32.5 Å². The fraction of sp³-hybridized carbons (Fsp3) is 0.474. The minimum atomic E-state index is 0.284. The number of quaternary nitrogens is 1. The average molecular weight is 390 g/mol. The van der Waals surface area contributed by atoms with Crippen molar-refractivity contribution in [3.05, 3.63) is 18.2 Å². The van der Waals surface area contributed by atoms with Crippen LogP contribution < -0.4 is 9.22 Å². The smallest absolute Gasteiger partial charge is 0.254 e. The van der Waals surface area contributed by atoms with Gasteiger partial charge in [-0.3, -0.25) is 0 Å². The number of aromatic hydroxyl groups is 1. The van der Waals surface area contributed by atoms with Crippen molar-refractivity contribution in [2.24, 2.45) is 0 Å². The van der Waals surface area contributed by atoms with E-state index >= 15 is 0 Å². The summed E-state index contributed by atoms with van der Waals surface area (Å²) in [6.45, 7) is 4.03. The molecule has 8 heteroatoms. The lowest BCUT2D eigenvalue weighted by atomic mass is 10.1. The molecular formula is C19H25N4O3S+. The van der Waals surface area contributed by atoms with E-state index in [2.05, 4.69) is 4.90 Å². The van der Waals surface area contributed by atoms with E-state index in [1.54, 1.807) is 17.8 Å². The Labute approximate surface area is 163 Å². The van der Waals surface area contributed by atoms with Gasteiger partial charge in [-0.1, -0.05) is 0 Å².